The van der Waals surface area contributed by atoms with Crippen LogP contribution in [0.1, 0.15) is 26.5 Å². The highest BCUT2D eigenvalue weighted by atomic mass is 15.4. The number of nitrogens with zero attached hydrogens (tertiary/aromatic N) is 3. The molecule has 0 saturated carbocycles. The van der Waals surface area contributed by atoms with Crippen LogP contribution in [0.5, 0.6) is 0 Å². The molecule has 1 aromatic heterocycles. The first-order valence-electron chi connectivity index (χ1n) is 3.59. The first-order chi connectivity index (χ1) is 5.05. The van der Waals surface area contributed by atoms with Crippen LogP contribution < -0.4 is 0 Å². The van der Waals surface area contributed by atoms with E-state index < -0.39 is 0 Å². The van der Waals surface area contributed by atoms with Gasteiger partial charge in [0.25, 0.3) is 0 Å². The molecule has 0 unspecified atom stereocenters. The fraction of sp³-hybridized carbons (Fsp3) is 0.500. The molecule has 1 heterocycles. The number of aromatic nitrogens is 1. The van der Waals surface area contributed by atoms with E-state index >= 15 is 0 Å². The van der Waals surface area contributed by atoms with Gasteiger partial charge in [0.1, 0.15) is 0 Å². The number of hydrogen-bond acceptors (Lipinski definition) is 1. The molecule has 0 atom stereocenters. The van der Waals surface area contributed by atoms with Gasteiger partial charge in [0.2, 0.25) is 0 Å². The van der Waals surface area contributed by atoms with Crippen LogP contribution in [0.3, 0.4) is 0 Å². The molecular weight excluding hydrogens is 138 g/mol. The maximum atomic E-state index is 8.56. The Morgan fingerprint density at radius 2 is 2.09 bits per heavy atom. The Labute approximate surface area is 66.5 Å². The lowest BCUT2D eigenvalue weighted by molar-refractivity contribution is 0.538. The minimum absolute atomic E-state index is 0.0235. The second-order valence-electron chi connectivity index (χ2n) is 3.58. The largest absolute Gasteiger partial charge is 0.361 e. The van der Waals surface area contributed by atoms with E-state index in [1.807, 2.05) is 12.1 Å². The van der Waals surface area contributed by atoms with Gasteiger partial charge in [0.15, 0.2) is 0 Å². The topological polar surface area (TPSA) is 39.6 Å². The summed E-state index contributed by atoms with van der Waals surface area (Å²) in [6.07, 6.45) is 1.72. The lowest BCUT2D eigenvalue weighted by Gasteiger charge is -2.23. The van der Waals surface area contributed by atoms with Crippen LogP contribution in [0.2, 0.25) is 0 Å². The molecule has 3 heteroatoms. The molecule has 0 amide bonds. The lowest BCUT2D eigenvalue weighted by atomic mass is 9.92. The van der Waals surface area contributed by atoms with Crippen LogP contribution in [-0.4, -0.2) is 4.68 Å². The van der Waals surface area contributed by atoms with Crippen molar-refractivity contribution in [3.8, 4) is 0 Å². The maximum Gasteiger partial charge on any atom is -0.0154 e. The highest BCUT2D eigenvalue weighted by molar-refractivity contribution is 5.15. The van der Waals surface area contributed by atoms with Crippen LogP contribution in [-0.2, 0) is 5.41 Å². The molecule has 0 radical (unpaired) electrons. The molecule has 60 valence electrons. The standard InChI is InChI=1S/C8H12N3/c1-8(2,3)7-5-4-6-11(7)10-9/h4-6H,1-3H3/q-1. The predicted molar refractivity (Wildman–Crippen MR) is 44.3 cm³/mol. The minimum Gasteiger partial charge on any atom is -0.361 e. The highest BCUT2D eigenvalue weighted by Crippen LogP contribution is 2.22. The molecule has 0 spiro atoms. The molecule has 1 aromatic rings. The van der Waals surface area contributed by atoms with E-state index in [1.165, 1.54) is 4.68 Å². The van der Waals surface area contributed by atoms with Crippen molar-refractivity contribution in [2.24, 2.45) is 5.22 Å². The third-order valence-corrected chi connectivity index (χ3v) is 1.59. The summed E-state index contributed by atoms with van der Waals surface area (Å²) in [6.45, 7) is 6.22. The van der Waals surface area contributed by atoms with E-state index in [4.69, 9.17) is 5.53 Å². The second-order valence-corrected chi connectivity index (χ2v) is 3.58. The van der Waals surface area contributed by atoms with E-state index in [-0.39, 0.29) is 5.41 Å². The van der Waals surface area contributed by atoms with E-state index in [2.05, 4.69) is 26.0 Å². The number of rotatable bonds is 1. The van der Waals surface area contributed by atoms with Gasteiger partial charge in [0.05, 0.1) is 0 Å². The first kappa shape index (κ1) is 7.98. The zero-order valence-electron chi connectivity index (χ0n) is 7.07. The van der Waals surface area contributed by atoms with Gasteiger partial charge in [-0.15, -0.1) is 0 Å². The summed E-state index contributed by atoms with van der Waals surface area (Å²) in [5.41, 5.74) is 9.58. The molecule has 1 rings (SSSR count). The molecule has 0 aliphatic heterocycles. The van der Waals surface area contributed by atoms with E-state index in [0.29, 0.717) is 0 Å². The van der Waals surface area contributed by atoms with Crippen molar-refractivity contribution in [2.75, 3.05) is 0 Å². The van der Waals surface area contributed by atoms with Gasteiger partial charge in [-0.25, -0.2) is 0 Å². The van der Waals surface area contributed by atoms with Crippen LogP contribution in [0.4, 0.5) is 0 Å². The zero-order valence-corrected chi connectivity index (χ0v) is 7.07. The van der Waals surface area contributed by atoms with Gasteiger partial charge in [-0.2, -0.15) is 0 Å². The molecule has 0 aliphatic carbocycles. The Bertz CT molecular complexity index is 255. The monoisotopic (exact) mass is 150 g/mol. The Morgan fingerprint density at radius 3 is 2.45 bits per heavy atom. The quantitative estimate of drug-likeness (QED) is 0.552. The maximum absolute atomic E-state index is 8.56. The number of hydrogen-bond donors (Lipinski definition) is 0. The van der Waals surface area contributed by atoms with Crippen molar-refractivity contribution in [1.82, 2.24) is 4.68 Å². The van der Waals surface area contributed by atoms with E-state index in [0.717, 1.165) is 5.69 Å². The summed E-state index contributed by atoms with van der Waals surface area (Å²) >= 11 is 0. The Morgan fingerprint density at radius 1 is 1.45 bits per heavy atom. The summed E-state index contributed by atoms with van der Waals surface area (Å²) < 4.78 is 1.47. The summed E-state index contributed by atoms with van der Waals surface area (Å²) in [6, 6.07) is 3.81. The lowest BCUT2D eigenvalue weighted by Crippen LogP contribution is -2.14. The van der Waals surface area contributed by atoms with Crippen LogP contribution in [0.25, 0.3) is 5.53 Å². The predicted octanol–water partition coefficient (Wildman–Crippen LogP) is 2.57. The Hall–Kier alpha value is -1.12. The van der Waals surface area contributed by atoms with Crippen LogP contribution in [0.15, 0.2) is 23.6 Å². The second kappa shape index (κ2) is 2.49. The third-order valence-electron chi connectivity index (χ3n) is 1.59. The van der Waals surface area contributed by atoms with Crippen molar-refractivity contribution in [3.63, 3.8) is 0 Å². The average Bonchev–Trinajstić information content (AvgIpc) is 2.31. The summed E-state index contributed by atoms with van der Waals surface area (Å²) in [5, 5.41) is 3.11. The van der Waals surface area contributed by atoms with Crippen molar-refractivity contribution in [1.29, 1.82) is 0 Å². The summed E-state index contributed by atoms with van der Waals surface area (Å²) in [7, 11) is 0. The van der Waals surface area contributed by atoms with Crippen LogP contribution >= 0.6 is 0 Å². The SMILES string of the molecule is CC(C)(C)c1cccn1N=[N-]. The Balaban J connectivity index is 3.12. The van der Waals surface area contributed by atoms with Gasteiger partial charge in [-0.3, -0.25) is 5.22 Å². The van der Waals surface area contributed by atoms with Gasteiger partial charge in [0, 0.05) is 0 Å². The smallest absolute Gasteiger partial charge is 0.0154 e. The van der Waals surface area contributed by atoms with Gasteiger partial charge in [-0.05, 0) is 11.1 Å². The molecule has 0 fully saturated rings. The Kier molecular flexibility index (Phi) is 1.81. The fourth-order valence-electron chi connectivity index (χ4n) is 1.04. The molecule has 0 aliphatic rings. The normalized spacial score (nSPS) is 11.5. The zero-order chi connectivity index (χ0) is 8.48. The first-order valence-corrected chi connectivity index (χ1v) is 3.59. The fourth-order valence-corrected chi connectivity index (χ4v) is 1.04. The van der Waals surface area contributed by atoms with Gasteiger partial charge < -0.3 is 10.2 Å². The molecular formula is C8H12N3-. The van der Waals surface area contributed by atoms with Gasteiger partial charge >= 0.3 is 0 Å². The van der Waals surface area contributed by atoms with E-state index in [1.54, 1.807) is 6.20 Å². The van der Waals surface area contributed by atoms with Crippen molar-refractivity contribution < 1.29 is 0 Å². The molecule has 0 saturated heterocycles. The minimum atomic E-state index is 0.0235. The molecule has 11 heavy (non-hydrogen) atoms. The molecule has 0 aromatic carbocycles. The van der Waals surface area contributed by atoms with Crippen molar-refractivity contribution in [2.45, 2.75) is 26.2 Å². The third kappa shape index (κ3) is 1.48. The van der Waals surface area contributed by atoms with Gasteiger partial charge in [-0.1, -0.05) is 39.1 Å². The average molecular weight is 150 g/mol. The molecule has 0 N–H and O–H groups in total. The molecule has 3 nitrogen and oxygen atoms in total. The molecule has 0 bridgehead atoms. The van der Waals surface area contributed by atoms with Crippen molar-refractivity contribution >= 4 is 0 Å². The summed E-state index contributed by atoms with van der Waals surface area (Å²) in [5.74, 6) is 0. The highest BCUT2D eigenvalue weighted by Gasteiger charge is 2.12. The van der Waals surface area contributed by atoms with E-state index in [9.17, 15) is 0 Å². The van der Waals surface area contributed by atoms with Crippen LogP contribution in [0, 0.1) is 0 Å². The summed E-state index contributed by atoms with van der Waals surface area (Å²) in [4.78, 5) is 0. The van der Waals surface area contributed by atoms with Crippen molar-refractivity contribution in [3.05, 3.63) is 29.6 Å².